The Labute approximate surface area is 761 Å². The number of carboxylic acid groups (broad SMARTS) is 1. The van der Waals surface area contributed by atoms with E-state index in [1.165, 1.54) is 0 Å². The molecule has 41 nitrogen and oxygen atoms in total. The Kier molecular flexibility index (Phi) is 73.9. The molecule has 0 aromatic heterocycles. The fourth-order valence-electron chi connectivity index (χ4n) is 11.1. The molecule has 2 aromatic rings. The molecule has 1 aliphatic carbocycles. The van der Waals surface area contributed by atoms with E-state index >= 15 is 0 Å². The Morgan fingerprint density at radius 3 is 0.837 bits per heavy atom. The number of carbonyl (C=O) groups excluding carboxylic acids is 6. The minimum atomic E-state index is -1.25. The van der Waals surface area contributed by atoms with Crippen LogP contribution in [0.5, 0.6) is 0 Å². The summed E-state index contributed by atoms with van der Waals surface area (Å²) in [5.41, 5.74) is 3.07. The van der Waals surface area contributed by atoms with Crippen LogP contribution >= 0.6 is 0 Å². The van der Waals surface area contributed by atoms with Crippen LogP contribution in [0.15, 0.2) is 48.5 Å². The standard InChI is InChI=1S/C88H152N6O35/c1-87(2,3)128-84(100)90-21-25-105-29-33-109-37-41-113-45-49-117-53-57-121-61-65-125-69-67-123-63-59-119-55-51-115-47-43-111-39-35-107-31-27-103-23-18-80(95)92-71-79(82(97)89-20-12-11-17-78(83(98)99)94-86(102)127-72-77-75-15-9-7-13-73(75)74-14-8-10-16-76(74)77)93-81(96)19-24-104-28-32-108-36-40-112-44-48-116-52-56-120-60-64-124-68-70-126-66-62-122-58-54-118-50-46-114-42-38-110-34-30-106-26-22-91-85(101)129-88(4,5)6/h7-10,13-16,77-79H,11-12,17-72H2,1-6H3,(H,89,97)(H,90,100)(H,91,101)(H,92,95)(H,93,96)(H,94,102)(H,98,99)/t78-,79?/m0/s1. The van der Waals surface area contributed by atoms with Gasteiger partial charge in [-0.05, 0) is 83.1 Å². The van der Waals surface area contributed by atoms with E-state index < -0.39 is 65.3 Å². The minimum absolute atomic E-state index is 0.0158. The van der Waals surface area contributed by atoms with Gasteiger partial charge in [0.25, 0.3) is 0 Å². The number of benzene rings is 2. The second-order valence-electron chi connectivity index (χ2n) is 30.1. The quantitative estimate of drug-likeness (QED) is 0.0362. The first-order valence-electron chi connectivity index (χ1n) is 44.8. The van der Waals surface area contributed by atoms with Crippen molar-refractivity contribution in [1.82, 2.24) is 31.9 Å². The second kappa shape index (κ2) is 81.9. The van der Waals surface area contributed by atoms with Gasteiger partial charge in [0.2, 0.25) is 17.7 Å². The fraction of sp³-hybridized carbons (Fsp3) is 0.784. The van der Waals surface area contributed by atoms with Crippen LogP contribution in [0.3, 0.4) is 0 Å². The molecule has 2 aromatic carbocycles. The monoisotopic (exact) mass is 1850 g/mol. The highest BCUT2D eigenvalue weighted by Crippen LogP contribution is 2.44. The summed E-state index contributed by atoms with van der Waals surface area (Å²) in [7, 11) is 0. The number of hydrogen-bond acceptors (Lipinski definition) is 34. The summed E-state index contributed by atoms with van der Waals surface area (Å²) >= 11 is 0. The lowest BCUT2D eigenvalue weighted by molar-refractivity contribution is -0.139. The zero-order valence-electron chi connectivity index (χ0n) is 77.2. The molecule has 3 rings (SSSR count). The summed E-state index contributed by atoms with van der Waals surface area (Å²) in [6.07, 6.45) is -1.27. The second-order valence-corrected chi connectivity index (χ2v) is 30.1. The average molecular weight is 1850 g/mol. The highest BCUT2D eigenvalue weighted by atomic mass is 16.6. The molecular formula is C88H152N6O35. The maximum atomic E-state index is 13.6. The van der Waals surface area contributed by atoms with Crippen molar-refractivity contribution in [2.75, 3.05) is 350 Å². The van der Waals surface area contributed by atoms with Crippen molar-refractivity contribution in [2.24, 2.45) is 0 Å². The van der Waals surface area contributed by atoms with Crippen molar-refractivity contribution in [3.8, 4) is 11.1 Å². The van der Waals surface area contributed by atoms with Crippen LogP contribution in [-0.4, -0.2) is 420 Å². The van der Waals surface area contributed by atoms with Crippen molar-refractivity contribution >= 4 is 42.0 Å². The van der Waals surface area contributed by atoms with Crippen molar-refractivity contribution < 1.29 is 167 Å². The summed E-state index contributed by atoms with van der Waals surface area (Å²) in [5, 5.41) is 25.8. The number of aliphatic carboxylic acids is 1. The number of ether oxygens (including phenoxy) is 27. The molecule has 0 heterocycles. The molecule has 0 saturated carbocycles. The number of hydrogen-bond donors (Lipinski definition) is 7. The van der Waals surface area contributed by atoms with Gasteiger partial charge in [-0.15, -0.1) is 0 Å². The van der Waals surface area contributed by atoms with E-state index in [9.17, 15) is 38.7 Å². The molecule has 0 radical (unpaired) electrons. The largest absolute Gasteiger partial charge is 0.480 e. The van der Waals surface area contributed by atoms with Crippen molar-refractivity contribution in [2.45, 2.75) is 103 Å². The first-order valence-corrected chi connectivity index (χ1v) is 44.8. The minimum Gasteiger partial charge on any atom is -0.480 e. The predicted octanol–water partition coefficient (Wildman–Crippen LogP) is 4.09. The lowest BCUT2D eigenvalue weighted by Gasteiger charge is -2.20. The number of unbranched alkanes of at least 4 members (excludes halogenated alkanes) is 1. The summed E-state index contributed by atoms with van der Waals surface area (Å²) < 4.78 is 149. The van der Waals surface area contributed by atoms with Gasteiger partial charge in [-0.3, -0.25) is 14.4 Å². The zero-order chi connectivity index (χ0) is 93.1. The van der Waals surface area contributed by atoms with Crippen LogP contribution in [0.4, 0.5) is 14.4 Å². The molecule has 744 valence electrons. The number of rotatable bonds is 91. The first kappa shape index (κ1) is 116. The molecule has 1 unspecified atom stereocenters. The van der Waals surface area contributed by atoms with Gasteiger partial charge in [-0.25, -0.2) is 19.2 Å². The third-order valence-electron chi connectivity index (χ3n) is 17.3. The summed E-state index contributed by atoms with van der Waals surface area (Å²) in [6, 6.07) is 13.3. The third kappa shape index (κ3) is 71.5. The molecule has 0 aliphatic heterocycles. The van der Waals surface area contributed by atoms with Gasteiger partial charge in [0, 0.05) is 44.9 Å². The van der Waals surface area contributed by atoms with Gasteiger partial charge in [-0.1, -0.05) is 48.5 Å². The Hall–Kier alpha value is -6.83. The Morgan fingerprint density at radius 2 is 0.558 bits per heavy atom. The van der Waals surface area contributed by atoms with Crippen LogP contribution in [0.1, 0.15) is 90.7 Å². The first-order chi connectivity index (χ1) is 62.8. The molecule has 0 bridgehead atoms. The Morgan fingerprint density at radius 1 is 0.295 bits per heavy atom. The lowest BCUT2D eigenvalue weighted by atomic mass is 9.98. The van der Waals surface area contributed by atoms with Crippen molar-refractivity contribution in [3.05, 3.63) is 59.7 Å². The van der Waals surface area contributed by atoms with Gasteiger partial charge < -0.3 is 165 Å². The predicted molar refractivity (Wildman–Crippen MR) is 469 cm³/mol. The molecule has 0 fully saturated rings. The topological polar surface area (TPSA) is 461 Å². The van der Waals surface area contributed by atoms with E-state index in [-0.39, 0.29) is 84.5 Å². The average Bonchev–Trinajstić information content (AvgIpc) is 1.62. The molecule has 0 spiro atoms. The van der Waals surface area contributed by atoms with Crippen LogP contribution in [0.2, 0.25) is 0 Å². The van der Waals surface area contributed by atoms with Crippen molar-refractivity contribution in [1.29, 1.82) is 0 Å². The molecular weight excluding hydrogens is 1700 g/mol. The van der Waals surface area contributed by atoms with Crippen LogP contribution in [-0.2, 0) is 147 Å². The highest BCUT2D eigenvalue weighted by molar-refractivity contribution is 5.88. The number of nitrogens with one attached hydrogen (secondary N) is 6. The fourth-order valence-corrected chi connectivity index (χ4v) is 11.1. The molecule has 41 heteroatoms. The number of fused-ring (bicyclic) bond motifs is 3. The molecule has 0 saturated heterocycles. The van der Waals surface area contributed by atoms with E-state index in [1.807, 2.05) is 48.5 Å². The van der Waals surface area contributed by atoms with Gasteiger partial charge in [0.1, 0.15) is 29.9 Å². The maximum Gasteiger partial charge on any atom is 0.407 e. The van der Waals surface area contributed by atoms with Crippen LogP contribution < -0.4 is 31.9 Å². The maximum absolute atomic E-state index is 13.6. The molecule has 2 atom stereocenters. The third-order valence-corrected chi connectivity index (χ3v) is 17.3. The van der Waals surface area contributed by atoms with Gasteiger partial charge in [-0.2, -0.15) is 0 Å². The molecule has 1 aliphatic rings. The Balaban J connectivity index is 1.14. The Bertz CT molecular complexity index is 3030. The van der Waals surface area contributed by atoms with Gasteiger partial charge >= 0.3 is 24.2 Å². The van der Waals surface area contributed by atoms with Crippen molar-refractivity contribution in [3.63, 3.8) is 0 Å². The smallest absolute Gasteiger partial charge is 0.407 e. The van der Waals surface area contributed by atoms with Gasteiger partial charge in [0.05, 0.1) is 317 Å². The van der Waals surface area contributed by atoms with E-state index in [2.05, 4.69) is 31.9 Å². The number of amides is 6. The highest BCUT2D eigenvalue weighted by Gasteiger charge is 2.31. The van der Waals surface area contributed by atoms with Crippen LogP contribution in [0.25, 0.3) is 11.1 Å². The van der Waals surface area contributed by atoms with E-state index in [0.717, 1.165) is 22.3 Å². The molecule has 6 amide bonds. The SMILES string of the molecule is CC(C)(C)OC(=O)NCCOCCOCCOCCOCCOCCOCCOCCOCCOCCOCCOCCOCCC(=O)NCC(NC(=O)CCOCCOCCOCCOCCOCCOCCOCCOCCOCCOCCOCCOCCNC(=O)OC(C)(C)C)C(=O)NCCCC[C@H](NC(=O)OCC1c2ccccc2-c2ccccc21)C(=O)O. The summed E-state index contributed by atoms with van der Waals surface area (Å²) in [5.74, 6) is -2.96. The number of carbonyl (C=O) groups is 7. The van der Waals surface area contributed by atoms with E-state index in [1.54, 1.807) is 41.5 Å². The number of alkyl carbamates (subject to hydrolysis) is 3. The van der Waals surface area contributed by atoms with E-state index in [4.69, 9.17) is 128 Å². The van der Waals surface area contributed by atoms with Gasteiger partial charge in [0.15, 0.2) is 0 Å². The lowest BCUT2D eigenvalue weighted by Crippen LogP contribution is -2.53. The summed E-state index contributed by atoms with van der Waals surface area (Å²) in [4.78, 5) is 88.0. The molecule has 129 heavy (non-hydrogen) atoms. The zero-order valence-corrected chi connectivity index (χ0v) is 77.2. The van der Waals surface area contributed by atoms with Crippen LogP contribution in [0, 0.1) is 0 Å². The molecule has 7 N–H and O–H groups in total. The number of carboxylic acids is 1. The van der Waals surface area contributed by atoms with E-state index in [0.29, 0.717) is 303 Å². The normalized spacial score (nSPS) is 12.5. The summed E-state index contributed by atoms with van der Waals surface area (Å²) in [6.45, 7) is 29.7.